The van der Waals surface area contributed by atoms with Crippen LogP contribution in [0.3, 0.4) is 0 Å². The van der Waals surface area contributed by atoms with Gasteiger partial charge in [-0.1, -0.05) is 52.0 Å². The first-order valence-electron chi connectivity index (χ1n) is 7.72. The molecule has 0 aliphatic heterocycles. The summed E-state index contributed by atoms with van der Waals surface area (Å²) < 4.78 is 0. The lowest BCUT2D eigenvalue weighted by atomic mass is 10.0. The molecular weight excluding hydrogens is 230 g/mol. The fraction of sp³-hybridized carbons (Fsp3) is 0.667. The summed E-state index contributed by atoms with van der Waals surface area (Å²) in [6, 6.07) is 9.23. The average molecular weight is 257 g/mol. The molecule has 104 valence electrons. The van der Waals surface area contributed by atoms with Gasteiger partial charge in [0, 0.05) is 6.54 Å². The lowest BCUT2D eigenvalue weighted by Crippen LogP contribution is -2.18. The smallest absolute Gasteiger partial charge is 0.0205 e. The monoisotopic (exact) mass is 257 g/mol. The van der Waals surface area contributed by atoms with E-state index in [9.17, 15) is 0 Å². The van der Waals surface area contributed by atoms with E-state index in [0.717, 1.165) is 24.9 Å². The summed E-state index contributed by atoms with van der Waals surface area (Å²) in [6.45, 7) is 11.7. The molecule has 0 bridgehead atoms. The first kappa shape index (κ1) is 13.2. The molecule has 0 spiro atoms. The predicted octanol–water partition coefficient (Wildman–Crippen LogP) is 4.34. The van der Waals surface area contributed by atoms with Gasteiger partial charge < -0.3 is 5.32 Å². The van der Waals surface area contributed by atoms with Crippen LogP contribution in [0.5, 0.6) is 0 Å². The van der Waals surface area contributed by atoms with Crippen molar-refractivity contribution < 1.29 is 0 Å². The Hall–Kier alpha value is -0.820. The maximum Gasteiger partial charge on any atom is 0.0205 e. The minimum Gasteiger partial charge on any atom is -0.312 e. The van der Waals surface area contributed by atoms with Crippen LogP contribution in [0.4, 0.5) is 0 Å². The maximum absolute atomic E-state index is 3.64. The van der Waals surface area contributed by atoms with E-state index in [0.29, 0.717) is 10.8 Å². The van der Waals surface area contributed by atoms with E-state index in [1.54, 1.807) is 0 Å². The van der Waals surface area contributed by atoms with Crippen molar-refractivity contribution in [3.63, 3.8) is 0 Å². The van der Waals surface area contributed by atoms with Gasteiger partial charge in [-0.25, -0.2) is 0 Å². The molecule has 1 heteroatoms. The topological polar surface area (TPSA) is 12.0 Å². The molecule has 1 aromatic rings. The van der Waals surface area contributed by atoms with Gasteiger partial charge in [0.05, 0.1) is 0 Å². The van der Waals surface area contributed by atoms with Crippen LogP contribution in [0.2, 0.25) is 0 Å². The molecule has 0 saturated heterocycles. The first-order chi connectivity index (χ1) is 8.93. The molecule has 0 unspecified atom stereocenters. The molecule has 1 nitrogen and oxygen atoms in total. The maximum atomic E-state index is 3.64. The van der Waals surface area contributed by atoms with E-state index < -0.39 is 0 Å². The molecule has 2 aliphatic rings. The van der Waals surface area contributed by atoms with Crippen LogP contribution in [0, 0.1) is 16.7 Å². The standard InChI is InChI=1S/C18H27N/c1-17(2)16(18(17,3)4)12-19-11-13-5-7-14(8-6-13)15-9-10-15/h5-8,15-16,19H,9-12H2,1-4H3. The fourth-order valence-electron chi connectivity index (χ4n) is 3.53. The third-order valence-corrected chi connectivity index (χ3v) is 6.03. The second-order valence-electron chi connectivity index (χ2n) is 7.64. The van der Waals surface area contributed by atoms with E-state index in [2.05, 4.69) is 57.3 Å². The molecular formula is C18H27N. The molecule has 2 aliphatic carbocycles. The van der Waals surface area contributed by atoms with E-state index in [4.69, 9.17) is 0 Å². The zero-order valence-electron chi connectivity index (χ0n) is 12.8. The zero-order chi connectivity index (χ0) is 13.7. The summed E-state index contributed by atoms with van der Waals surface area (Å²) in [4.78, 5) is 0. The Morgan fingerprint density at radius 1 is 1.00 bits per heavy atom. The largest absolute Gasteiger partial charge is 0.312 e. The average Bonchev–Trinajstić information content (AvgIpc) is 3.24. The Bertz CT molecular complexity index is 437. The number of hydrogen-bond acceptors (Lipinski definition) is 1. The van der Waals surface area contributed by atoms with Crippen molar-refractivity contribution in [2.45, 2.75) is 53.0 Å². The Morgan fingerprint density at radius 2 is 1.58 bits per heavy atom. The van der Waals surface area contributed by atoms with Gasteiger partial charge in [0.15, 0.2) is 0 Å². The summed E-state index contributed by atoms with van der Waals surface area (Å²) in [5.74, 6) is 1.68. The molecule has 1 N–H and O–H groups in total. The number of rotatable bonds is 5. The van der Waals surface area contributed by atoms with Crippen LogP contribution in [-0.4, -0.2) is 6.54 Å². The van der Waals surface area contributed by atoms with Crippen molar-refractivity contribution in [2.24, 2.45) is 16.7 Å². The van der Waals surface area contributed by atoms with Crippen molar-refractivity contribution >= 4 is 0 Å². The molecule has 19 heavy (non-hydrogen) atoms. The summed E-state index contributed by atoms with van der Waals surface area (Å²) >= 11 is 0. The van der Waals surface area contributed by atoms with Gasteiger partial charge in [-0.2, -0.15) is 0 Å². The highest BCUT2D eigenvalue weighted by Gasteiger charge is 2.63. The minimum atomic E-state index is 0.496. The second-order valence-corrected chi connectivity index (χ2v) is 7.64. The van der Waals surface area contributed by atoms with Gasteiger partial charge in [0.25, 0.3) is 0 Å². The Kier molecular flexibility index (Phi) is 3.01. The normalized spacial score (nSPS) is 24.4. The highest BCUT2D eigenvalue weighted by Crippen LogP contribution is 2.67. The van der Waals surface area contributed by atoms with E-state index >= 15 is 0 Å². The van der Waals surface area contributed by atoms with Gasteiger partial charge >= 0.3 is 0 Å². The van der Waals surface area contributed by atoms with Crippen LogP contribution in [0.15, 0.2) is 24.3 Å². The summed E-state index contributed by atoms with van der Waals surface area (Å²) in [5, 5.41) is 3.64. The van der Waals surface area contributed by atoms with Crippen molar-refractivity contribution in [1.82, 2.24) is 5.32 Å². The van der Waals surface area contributed by atoms with Gasteiger partial charge in [-0.15, -0.1) is 0 Å². The summed E-state index contributed by atoms with van der Waals surface area (Å²) in [7, 11) is 0. The quantitative estimate of drug-likeness (QED) is 0.827. The molecule has 2 fully saturated rings. The molecule has 0 aromatic heterocycles. The Labute approximate surface area is 117 Å². The van der Waals surface area contributed by atoms with Crippen molar-refractivity contribution in [3.8, 4) is 0 Å². The van der Waals surface area contributed by atoms with Crippen molar-refractivity contribution in [3.05, 3.63) is 35.4 Å². The van der Waals surface area contributed by atoms with Gasteiger partial charge in [-0.05, 0) is 53.2 Å². The highest BCUT2D eigenvalue weighted by atomic mass is 14.9. The minimum absolute atomic E-state index is 0.496. The Balaban J connectivity index is 1.48. The predicted molar refractivity (Wildman–Crippen MR) is 81.2 cm³/mol. The van der Waals surface area contributed by atoms with Crippen LogP contribution >= 0.6 is 0 Å². The molecule has 0 heterocycles. The summed E-state index contributed by atoms with van der Waals surface area (Å²) in [5.41, 5.74) is 3.94. The molecule has 3 rings (SSSR count). The number of hydrogen-bond donors (Lipinski definition) is 1. The third kappa shape index (κ3) is 2.33. The van der Waals surface area contributed by atoms with E-state index in [1.165, 1.54) is 24.0 Å². The van der Waals surface area contributed by atoms with Crippen molar-refractivity contribution in [1.29, 1.82) is 0 Å². The van der Waals surface area contributed by atoms with Crippen LogP contribution < -0.4 is 5.32 Å². The van der Waals surface area contributed by atoms with Crippen LogP contribution in [-0.2, 0) is 6.54 Å². The number of nitrogens with one attached hydrogen (secondary N) is 1. The fourth-order valence-corrected chi connectivity index (χ4v) is 3.53. The van der Waals surface area contributed by atoms with Crippen LogP contribution in [0.25, 0.3) is 0 Å². The number of benzene rings is 1. The highest BCUT2D eigenvalue weighted by molar-refractivity contribution is 5.28. The SMILES string of the molecule is CC1(C)C(CNCc2ccc(C3CC3)cc2)C1(C)C. The third-order valence-electron chi connectivity index (χ3n) is 6.03. The second kappa shape index (κ2) is 4.34. The van der Waals surface area contributed by atoms with Crippen LogP contribution in [0.1, 0.15) is 57.6 Å². The molecule has 0 atom stereocenters. The molecule has 0 radical (unpaired) electrons. The van der Waals surface area contributed by atoms with E-state index in [-0.39, 0.29) is 0 Å². The van der Waals surface area contributed by atoms with E-state index in [1.807, 2.05) is 0 Å². The Morgan fingerprint density at radius 3 is 2.05 bits per heavy atom. The van der Waals surface area contributed by atoms with Crippen molar-refractivity contribution in [2.75, 3.05) is 6.54 Å². The van der Waals surface area contributed by atoms with Gasteiger partial charge in [0.2, 0.25) is 0 Å². The van der Waals surface area contributed by atoms with Gasteiger partial charge in [-0.3, -0.25) is 0 Å². The lowest BCUT2D eigenvalue weighted by Gasteiger charge is -2.07. The van der Waals surface area contributed by atoms with Gasteiger partial charge in [0.1, 0.15) is 0 Å². The molecule has 2 saturated carbocycles. The lowest BCUT2D eigenvalue weighted by molar-refractivity contribution is 0.457. The molecule has 0 amide bonds. The molecule has 1 aromatic carbocycles. The first-order valence-corrected chi connectivity index (χ1v) is 7.72. The zero-order valence-corrected chi connectivity index (χ0v) is 12.8. The summed E-state index contributed by atoms with van der Waals surface area (Å²) in [6.07, 6.45) is 2.78.